The Kier molecular flexibility index (Phi) is 10.3. The van der Waals surface area contributed by atoms with Gasteiger partial charge in [0.15, 0.2) is 0 Å². The summed E-state index contributed by atoms with van der Waals surface area (Å²) >= 11 is 9.99. The van der Waals surface area contributed by atoms with Crippen LogP contribution in [0.3, 0.4) is 0 Å². The van der Waals surface area contributed by atoms with Gasteiger partial charge in [-0.2, -0.15) is 0 Å². The average molecular weight is 658 g/mol. The highest BCUT2D eigenvalue weighted by Crippen LogP contribution is 2.36. The number of nitrogens with zero attached hydrogens (tertiary/aromatic N) is 1. The summed E-state index contributed by atoms with van der Waals surface area (Å²) < 4.78 is 34.0. The number of ether oxygens (including phenoxy) is 1. The van der Waals surface area contributed by atoms with Gasteiger partial charge in [-0.25, -0.2) is 13.8 Å². The van der Waals surface area contributed by atoms with Crippen LogP contribution in [0.4, 0.5) is 8.78 Å². The number of amides is 1. The molecular formula is C33H32BrClF2N2O3. The third-order valence-electron chi connectivity index (χ3n) is 7.34. The molecule has 0 radical (unpaired) electrons. The van der Waals surface area contributed by atoms with Crippen molar-refractivity contribution in [3.8, 4) is 11.3 Å². The quantitative estimate of drug-likeness (QED) is 0.164. The molecule has 1 N–H and O–H groups in total. The van der Waals surface area contributed by atoms with Crippen molar-refractivity contribution in [2.45, 2.75) is 58.2 Å². The fourth-order valence-electron chi connectivity index (χ4n) is 5.01. The summed E-state index contributed by atoms with van der Waals surface area (Å²) in [5, 5.41) is 3.96. The fourth-order valence-corrected chi connectivity index (χ4v) is 5.71. The van der Waals surface area contributed by atoms with Crippen molar-refractivity contribution < 1.29 is 23.1 Å². The van der Waals surface area contributed by atoms with E-state index >= 15 is 0 Å². The van der Waals surface area contributed by atoms with E-state index in [4.69, 9.17) is 21.3 Å². The molecule has 0 aliphatic rings. The normalized spacial score (nSPS) is 13.4. The molecule has 42 heavy (non-hydrogen) atoms. The van der Waals surface area contributed by atoms with Crippen molar-refractivity contribution in [3.05, 3.63) is 98.7 Å². The maximum absolute atomic E-state index is 14.4. The third kappa shape index (κ3) is 7.34. The second-order valence-corrected chi connectivity index (χ2v) is 11.9. The maximum Gasteiger partial charge on any atom is 0.308 e. The SMILES string of the molecule is CCCC(F)OC(=O)CCC(C)(CNC(=O)c1c(C)c(-c2ccccc2)nc2ccc(Br)cc12)c1cc(F)ccc1Cl. The number of hydrogen-bond donors (Lipinski definition) is 1. The van der Waals surface area contributed by atoms with E-state index in [9.17, 15) is 18.4 Å². The first kappa shape index (κ1) is 31.6. The number of esters is 1. The van der Waals surface area contributed by atoms with Gasteiger partial charge < -0.3 is 10.1 Å². The highest BCUT2D eigenvalue weighted by atomic mass is 79.9. The van der Waals surface area contributed by atoms with E-state index in [1.54, 1.807) is 13.8 Å². The zero-order chi connectivity index (χ0) is 30.4. The van der Waals surface area contributed by atoms with Crippen LogP contribution in [0, 0.1) is 12.7 Å². The number of alkyl halides is 1. The lowest BCUT2D eigenvalue weighted by Crippen LogP contribution is -2.40. The summed E-state index contributed by atoms with van der Waals surface area (Å²) in [6.45, 7) is 5.45. The minimum Gasteiger partial charge on any atom is -0.431 e. The molecule has 4 rings (SSSR count). The highest BCUT2D eigenvalue weighted by Gasteiger charge is 2.32. The highest BCUT2D eigenvalue weighted by molar-refractivity contribution is 9.10. The first-order valence-electron chi connectivity index (χ1n) is 13.7. The second kappa shape index (κ2) is 13.7. The summed E-state index contributed by atoms with van der Waals surface area (Å²) in [5.41, 5.74) is 2.80. The molecule has 0 aliphatic heterocycles. The lowest BCUT2D eigenvalue weighted by atomic mass is 9.78. The minimum absolute atomic E-state index is 0.0221. The number of carbonyl (C=O) groups is 2. The van der Waals surface area contributed by atoms with Gasteiger partial charge in [0.2, 0.25) is 6.36 Å². The Hall–Kier alpha value is -3.36. The summed E-state index contributed by atoms with van der Waals surface area (Å²) in [7, 11) is 0. The van der Waals surface area contributed by atoms with Crippen LogP contribution >= 0.6 is 27.5 Å². The van der Waals surface area contributed by atoms with E-state index in [0.29, 0.717) is 39.7 Å². The van der Waals surface area contributed by atoms with Crippen molar-refractivity contribution in [3.63, 3.8) is 0 Å². The topological polar surface area (TPSA) is 68.3 Å². The van der Waals surface area contributed by atoms with Gasteiger partial charge in [-0.05, 0) is 67.3 Å². The molecule has 3 aromatic carbocycles. The van der Waals surface area contributed by atoms with Crippen LogP contribution < -0.4 is 5.32 Å². The Morgan fingerprint density at radius 2 is 1.86 bits per heavy atom. The Balaban J connectivity index is 1.69. The van der Waals surface area contributed by atoms with Crippen LogP contribution in [0.2, 0.25) is 5.02 Å². The van der Waals surface area contributed by atoms with Gasteiger partial charge in [0.25, 0.3) is 5.91 Å². The lowest BCUT2D eigenvalue weighted by Gasteiger charge is -2.31. The Morgan fingerprint density at radius 3 is 2.57 bits per heavy atom. The molecule has 1 amide bonds. The molecule has 0 saturated carbocycles. The van der Waals surface area contributed by atoms with Crippen LogP contribution in [0.1, 0.15) is 61.0 Å². The van der Waals surface area contributed by atoms with Crippen LogP contribution in [-0.2, 0) is 14.9 Å². The molecule has 0 aliphatic carbocycles. The summed E-state index contributed by atoms with van der Waals surface area (Å²) in [4.78, 5) is 31.3. The van der Waals surface area contributed by atoms with E-state index in [1.165, 1.54) is 18.2 Å². The van der Waals surface area contributed by atoms with Crippen molar-refractivity contribution in [1.82, 2.24) is 10.3 Å². The molecule has 2 unspecified atom stereocenters. The smallest absolute Gasteiger partial charge is 0.308 e. The van der Waals surface area contributed by atoms with Gasteiger partial charge in [-0.3, -0.25) is 9.59 Å². The van der Waals surface area contributed by atoms with Crippen LogP contribution in [-0.4, -0.2) is 29.8 Å². The van der Waals surface area contributed by atoms with Crippen molar-refractivity contribution in [2.24, 2.45) is 0 Å². The van der Waals surface area contributed by atoms with Gasteiger partial charge >= 0.3 is 5.97 Å². The monoisotopic (exact) mass is 656 g/mol. The molecule has 0 bridgehead atoms. The van der Waals surface area contributed by atoms with E-state index in [2.05, 4.69) is 21.2 Å². The third-order valence-corrected chi connectivity index (χ3v) is 8.16. The molecule has 1 heterocycles. The predicted octanol–water partition coefficient (Wildman–Crippen LogP) is 8.87. The number of benzene rings is 3. The lowest BCUT2D eigenvalue weighted by molar-refractivity contribution is -0.158. The summed E-state index contributed by atoms with van der Waals surface area (Å²) in [6, 6.07) is 19.2. The zero-order valence-electron chi connectivity index (χ0n) is 23.6. The van der Waals surface area contributed by atoms with Crippen molar-refractivity contribution in [1.29, 1.82) is 0 Å². The Labute approximate surface area is 257 Å². The zero-order valence-corrected chi connectivity index (χ0v) is 26.0. The first-order chi connectivity index (χ1) is 20.0. The van der Waals surface area contributed by atoms with Crippen molar-refractivity contribution >= 4 is 50.3 Å². The van der Waals surface area contributed by atoms with Crippen molar-refractivity contribution in [2.75, 3.05) is 6.54 Å². The molecule has 1 aromatic heterocycles. The van der Waals surface area contributed by atoms with E-state index < -0.39 is 23.6 Å². The maximum atomic E-state index is 14.4. The Bertz CT molecular complexity index is 1600. The standard InChI is InChI=1S/C33H32BrClF2N2O3/c1-4-8-28(37)42-29(40)15-16-33(3,25-18-23(36)12-13-26(25)35)19-38-32(41)30-20(2)31(21-9-6-5-7-10-21)39-27-14-11-22(34)17-24(27)30/h5-7,9-14,17-18,28H,4,8,15-16,19H2,1-3H3,(H,38,41). The van der Waals surface area contributed by atoms with Gasteiger partial charge in [-0.1, -0.05) is 71.7 Å². The number of aromatic nitrogens is 1. The molecule has 0 fully saturated rings. The number of nitrogens with one attached hydrogen (secondary N) is 1. The second-order valence-electron chi connectivity index (χ2n) is 10.5. The van der Waals surface area contributed by atoms with Crippen LogP contribution in [0.15, 0.2) is 71.2 Å². The fraction of sp³-hybridized carbons (Fsp3) is 0.303. The molecule has 0 spiro atoms. The molecule has 2 atom stereocenters. The van der Waals surface area contributed by atoms with E-state index in [1.807, 2.05) is 55.5 Å². The van der Waals surface area contributed by atoms with Gasteiger partial charge in [-0.15, -0.1) is 0 Å². The molecule has 9 heteroatoms. The number of fused-ring (bicyclic) bond motifs is 1. The summed E-state index contributed by atoms with van der Waals surface area (Å²) in [6.07, 6.45) is -1.07. The van der Waals surface area contributed by atoms with Gasteiger partial charge in [0.05, 0.1) is 16.8 Å². The number of rotatable bonds is 11. The van der Waals surface area contributed by atoms with Crippen LogP contribution in [0.5, 0.6) is 0 Å². The molecular weight excluding hydrogens is 626 g/mol. The van der Waals surface area contributed by atoms with E-state index in [0.717, 1.165) is 10.0 Å². The first-order valence-corrected chi connectivity index (χ1v) is 14.9. The van der Waals surface area contributed by atoms with Gasteiger partial charge in [0.1, 0.15) is 5.82 Å². The number of halogens is 4. The minimum atomic E-state index is -1.69. The Morgan fingerprint density at radius 1 is 1.12 bits per heavy atom. The largest absolute Gasteiger partial charge is 0.431 e. The number of carbonyl (C=O) groups excluding carboxylic acids is 2. The average Bonchev–Trinajstić information content (AvgIpc) is 2.96. The van der Waals surface area contributed by atoms with E-state index in [-0.39, 0.29) is 36.7 Å². The molecule has 4 aromatic rings. The van der Waals surface area contributed by atoms with Crippen LogP contribution in [0.25, 0.3) is 22.2 Å². The number of pyridine rings is 1. The van der Waals surface area contributed by atoms with Gasteiger partial charge in [0, 0.05) is 45.2 Å². The molecule has 220 valence electrons. The summed E-state index contributed by atoms with van der Waals surface area (Å²) in [5.74, 6) is -1.58. The molecule has 5 nitrogen and oxygen atoms in total. The number of hydrogen-bond acceptors (Lipinski definition) is 4. The predicted molar refractivity (Wildman–Crippen MR) is 166 cm³/mol. The molecule has 0 saturated heterocycles.